The van der Waals surface area contributed by atoms with Gasteiger partial charge in [0.15, 0.2) is 0 Å². The zero-order valence-electron chi connectivity index (χ0n) is 8.34. The number of hydrogen-bond acceptors (Lipinski definition) is 4. The second kappa shape index (κ2) is 2.82. The first-order chi connectivity index (χ1) is 6.93. The Kier molecular flexibility index (Phi) is 1.82. The number of aromatic amines is 2. The standard InChI is InChI=1S/C9H10N2O4/c1-9(2)3-15-8(14)4-5(9)7(13)11-10-6(4)12/h3H2,1-2H3,(H,10,12)(H,11,13). The molecule has 0 aromatic carbocycles. The molecule has 1 aliphatic rings. The smallest absolute Gasteiger partial charge is 0.344 e. The van der Waals surface area contributed by atoms with Gasteiger partial charge in [0.25, 0.3) is 11.1 Å². The molecule has 0 amide bonds. The molecule has 1 aromatic heterocycles. The van der Waals surface area contributed by atoms with E-state index in [-0.39, 0.29) is 17.7 Å². The first kappa shape index (κ1) is 9.70. The Labute approximate surface area is 84.3 Å². The van der Waals surface area contributed by atoms with Crippen molar-refractivity contribution in [3.05, 3.63) is 31.8 Å². The van der Waals surface area contributed by atoms with Crippen molar-refractivity contribution in [2.24, 2.45) is 0 Å². The fourth-order valence-electron chi connectivity index (χ4n) is 1.70. The highest BCUT2D eigenvalue weighted by atomic mass is 16.5. The molecule has 1 aliphatic heterocycles. The molecule has 2 rings (SSSR count). The van der Waals surface area contributed by atoms with Crippen LogP contribution in [0.4, 0.5) is 0 Å². The summed E-state index contributed by atoms with van der Waals surface area (Å²) in [5.74, 6) is -0.739. The van der Waals surface area contributed by atoms with Gasteiger partial charge in [0.2, 0.25) is 0 Å². The SMILES string of the molecule is CC1(C)COC(=O)c2c1c(=O)[nH][nH]c2=O. The van der Waals surface area contributed by atoms with Crippen molar-refractivity contribution in [3.8, 4) is 0 Å². The van der Waals surface area contributed by atoms with Crippen molar-refractivity contribution < 1.29 is 9.53 Å². The molecular weight excluding hydrogens is 200 g/mol. The average molecular weight is 210 g/mol. The summed E-state index contributed by atoms with van der Waals surface area (Å²) in [6, 6.07) is 0. The van der Waals surface area contributed by atoms with E-state index in [1.54, 1.807) is 13.8 Å². The third kappa shape index (κ3) is 1.29. The van der Waals surface area contributed by atoms with Crippen molar-refractivity contribution in [2.75, 3.05) is 6.61 Å². The number of carbonyl (C=O) groups is 1. The van der Waals surface area contributed by atoms with Gasteiger partial charge in [0.1, 0.15) is 12.2 Å². The van der Waals surface area contributed by atoms with Gasteiger partial charge in [-0.1, -0.05) is 13.8 Å². The van der Waals surface area contributed by atoms with Gasteiger partial charge in [0.05, 0.1) is 0 Å². The molecule has 0 unspecified atom stereocenters. The number of esters is 1. The van der Waals surface area contributed by atoms with Gasteiger partial charge in [-0.05, 0) is 0 Å². The molecule has 0 aliphatic carbocycles. The second-order valence-electron chi connectivity index (χ2n) is 4.12. The van der Waals surface area contributed by atoms with Crippen LogP contribution in [-0.2, 0) is 10.2 Å². The topological polar surface area (TPSA) is 92.0 Å². The predicted molar refractivity (Wildman–Crippen MR) is 51.0 cm³/mol. The minimum Gasteiger partial charge on any atom is -0.461 e. The Hall–Kier alpha value is -1.85. The molecule has 80 valence electrons. The van der Waals surface area contributed by atoms with Crippen LogP contribution in [0.5, 0.6) is 0 Å². The lowest BCUT2D eigenvalue weighted by Crippen LogP contribution is -2.44. The first-order valence-electron chi connectivity index (χ1n) is 4.46. The van der Waals surface area contributed by atoms with E-state index >= 15 is 0 Å². The Morgan fingerprint density at radius 3 is 2.33 bits per heavy atom. The quantitative estimate of drug-likeness (QED) is 0.565. The van der Waals surface area contributed by atoms with Crippen LogP contribution in [0, 0.1) is 0 Å². The first-order valence-corrected chi connectivity index (χ1v) is 4.46. The van der Waals surface area contributed by atoms with Gasteiger partial charge >= 0.3 is 5.97 Å². The van der Waals surface area contributed by atoms with Crippen LogP contribution in [0.25, 0.3) is 0 Å². The zero-order valence-corrected chi connectivity index (χ0v) is 8.34. The van der Waals surface area contributed by atoms with E-state index in [2.05, 4.69) is 10.2 Å². The van der Waals surface area contributed by atoms with Gasteiger partial charge < -0.3 is 4.74 Å². The summed E-state index contributed by atoms with van der Waals surface area (Å²) in [6.45, 7) is 3.59. The maximum absolute atomic E-state index is 11.5. The molecule has 0 saturated carbocycles. The van der Waals surface area contributed by atoms with E-state index in [1.165, 1.54) is 0 Å². The molecule has 0 fully saturated rings. The summed E-state index contributed by atoms with van der Waals surface area (Å²) < 4.78 is 4.84. The van der Waals surface area contributed by atoms with Gasteiger partial charge in [-0.25, -0.2) is 4.79 Å². The second-order valence-corrected chi connectivity index (χ2v) is 4.12. The number of H-pyrrole nitrogens is 2. The number of fused-ring (bicyclic) bond motifs is 1. The van der Waals surface area contributed by atoms with Crippen LogP contribution in [0.2, 0.25) is 0 Å². The Morgan fingerprint density at radius 2 is 1.73 bits per heavy atom. The minimum absolute atomic E-state index is 0.103. The molecule has 2 heterocycles. The van der Waals surface area contributed by atoms with E-state index in [9.17, 15) is 14.4 Å². The van der Waals surface area contributed by atoms with Crippen molar-refractivity contribution >= 4 is 5.97 Å². The number of hydrogen-bond donors (Lipinski definition) is 2. The lowest BCUT2D eigenvalue weighted by Gasteiger charge is -2.29. The molecule has 6 heteroatoms. The zero-order chi connectivity index (χ0) is 11.2. The van der Waals surface area contributed by atoms with Crippen LogP contribution < -0.4 is 11.1 Å². The lowest BCUT2D eigenvalue weighted by molar-refractivity contribution is 0.0366. The molecule has 0 bridgehead atoms. The van der Waals surface area contributed by atoms with Gasteiger partial charge in [0, 0.05) is 11.0 Å². The maximum atomic E-state index is 11.5. The van der Waals surface area contributed by atoms with E-state index < -0.39 is 22.5 Å². The van der Waals surface area contributed by atoms with Crippen molar-refractivity contribution in [1.29, 1.82) is 0 Å². The van der Waals surface area contributed by atoms with E-state index in [1.807, 2.05) is 0 Å². The third-order valence-electron chi connectivity index (χ3n) is 2.44. The fourth-order valence-corrected chi connectivity index (χ4v) is 1.70. The maximum Gasteiger partial charge on any atom is 0.344 e. The highest BCUT2D eigenvalue weighted by Crippen LogP contribution is 2.26. The highest BCUT2D eigenvalue weighted by molar-refractivity contribution is 5.92. The molecule has 0 saturated heterocycles. The predicted octanol–water partition coefficient (Wildman–Crippen LogP) is -0.489. The van der Waals surface area contributed by atoms with E-state index in [0.717, 1.165) is 0 Å². The van der Waals surface area contributed by atoms with E-state index in [4.69, 9.17) is 4.74 Å². The summed E-state index contributed by atoms with van der Waals surface area (Å²) in [4.78, 5) is 34.3. The number of aromatic nitrogens is 2. The van der Waals surface area contributed by atoms with Crippen molar-refractivity contribution in [2.45, 2.75) is 19.3 Å². The number of cyclic esters (lactones) is 1. The summed E-state index contributed by atoms with van der Waals surface area (Å²) >= 11 is 0. The monoisotopic (exact) mass is 210 g/mol. The number of carbonyl (C=O) groups excluding carboxylic acids is 1. The molecule has 2 N–H and O–H groups in total. The summed E-state index contributed by atoms with van der Waals surface area (Å²) in [6.07, 6.45) is 0. The van der Waals surface area contributed by atoms with Crippen LogP contribution >= 0.6 is 0 Å². The highest BCUT2D eigenvalue weighted by Gasteiger charge is 2.37. The van der Waals surface area contributed by atoms with Crippen LogP contribution in [-0.4, -0.2) is 22.8 Å². The molecular formula is C9H10N2O4. The van der Waals surface area contributed by atoms with E-state index in [0.29, 0.717) is 0 Å². The molecule has 0 atom stereocenters. The Bertz CT molecular complexity index is 538. The molecule has 15 heavy (non-hydrogen) atoms. The normalized spacial score (nSPS) is 18.1. The average Bonchev–Trinajstić information content (AvgIpc) is 2.16. The number of ether oxygens (including phenoxy) is 1. The summed E-state index contributed by atoms with van der Waals surface area (Å²) in [7, 11) is 0. The Morgan fingerprint density at radius 1 is 1.13 bits per heavy atom. The van der Waals surface area contributed by atoms with Crippen molar-refractivity contribution in [1.82, 2.24) is 10.2 Å². The fraction of sp³-hybridized carbons (Fsp3) is 0.444. The largest absolute Gasteiger partial charge is 0.461 e. The molecule has 1 aromatic rings. The van der Waals surface area contributed by atoms with Gasteiger partial charge in [-0.15, -0.1) is 0 Å². The van der Waals surface area contributed by atoms with Crippen LogP contribution in [0.3, 0.4) is 0 Å². The van der Waals surface area contributed by atoms with Crippen LogP contribution in [0.15, 0.2) is 9.59 Å². The number of rotatable bonds is 0. The minimum atomic E-state index is -0.739. The van der Waals surface area contributed by atoms with Crippen molar-refractivity contribution in [3.63, 3.8) is 0 Å². The Balaban J connectivity index is 2.90. The third-order valence-corrected chi connectivity index (χ3v) is 2.44. The summed E-state index contributed by atoms with van der Waals surface area (Å²) in [5.41, 5.74) is -1.70. The lowest BCUT2D eigenvalue weighted by atomic mass is 9.82. The summed E-state index contributed by atoms with van der Waals surface area (Å²) in [5, 5.41) is 4.31. The molecule has 6 nitrogen and oxygen atoms in total. The van der Waals surface area contributed by atoms with Gasteiger partial charge in [-0.3, -0.25) is 19.8 Å². The van der Waals surface area contributed by atoms with Gasteiger partial charge in [-0.2, -0.15) is 0 Å². The number of nitrogens with one attached hydrogen (secondary N) is 2. The molecule has 0 spiro atoms. The van der Waals surface area contributed by atoms with Crippen LogP contribution in [0.1, 0.15) is 29.8 Å². The molecule has 0 radical (unpaired) electrons.